The molecule has 0 saturated carbocycles. The average molecular weight is 1440 g/mol. The lowest BCUT2D eigenvalue weighted by atomic mass is 9.85. The standard InChI is InChI=1S/C77H127N13O13/c1-18-21-23-28-50(9)68(87(13)14)75(99)86-66(48(6)7)76(100)88(15)67(49(8)19-2)61(102-16)44-64(93)90-41-27-32-60(90)69(103-17)53(12)70(94)84-59(43-54-29-24-22-25-30-54)72(96)80-45-55-33-35-56(36-34-55)82-73(97)58(31-26-40-79-77(78)101)83-74(98)65(47(4)5)85-62(91)37-38-63(92)89-42-39-57(51(10)46-89)71(95)81-52(11)20-3/h22,24-25,29-30,33-36,47-53,57-61,65-69H,18-21,23,26-28,31-32,37-46H2,1-17H3,(H,80,96)(H,81,95)(H,82,97)(H,83,98)(H,84,94)(H,85,91)(H,86,99)(H3,78,79,101)/t49-,50?,51?,52?,53+,57?,58-,59-,60-,61+,65-,66-,67-,68-,69+/m0/s1. The topological polar surface area (TPSA) is 341 Å². The highest BCUT2D eigenvalue weighted by atomic mass is 16.5. The molecular weight excluding hydrogens is 1310 g/mol. The molecule has 26 heteroatoms. The van der Waals surface area contributed by atoms with E-state index in [0.29, 0.717) is 56.6 Å². The van der Waals surface area contributed by atoms with Crippen molar-refractivity contribution in [2.45, 2.75) is 246 Å². The zero-order chi connectivity index (χ0) is 76.8. The number of anilines is 1. The maximum absolute atomic E-state index is 14.7. The fraction of sp³-hybridized carbons (Fsp3) is 0.701. The molecule has 0 bridgehead atoms. The van der Waals surface area contributed by atoms with Crippen LogP contribution in [0.25, 0.3) is 0 Å². The minimum Gasteiger partial charge on any atom is -0.379 e. The molecule has 2 heterocycles. The van der Waals surface area contributed by atoms with E-state index in [2.05, 4.69) is 56.4 Å². The molecule has 0 aromatic heterocycles. The SMILES string of the molecule is CCCCCC(C)[C@@H](C(=O)N[C@H](C(=O)N(C)[C@@H]([C@@H](C)CC)[C@@H](CC(=O)N1CCC[C@H]1[C@H](OC)[C@@H](C)C(=O)N[C@@H](Cc1ccccc1)C(=O)NCc1ccc(NC(=O)[C@H](CCCNC(N)=O)NC(=O)[C@@H](NC(=O)CCC(=O)N2CCC(C(=O)NC(C)CC)C(C)C2)C(C)C)cc1)OC)C(C)C)N(C)C. The second kappa shape index (κ2) is 44.2. The van der Waals surface area contributed by atoms with Gasteiger partial charge in [-0.15, -0.1) is 0 Å². The van der Waals surface area contributed by atoms with Crippen LogP contribution in [0.5, 0.6) is 0 Å². The average Bonchev–Trinajstić information content (AvgIpc) is 1.72. The number of primary amides is 1. The molecule has 26 nitrogen and oxygen atoms in total. The van der Waals surface area contributed by atoms with Crippen LogP contribution in [0.4, 0.5) is 10.5 Å². The summed E-state index contributed by atoms with van der Waals surface area (Å²) in [6.45, 7) is 24.5. The summed E-state index contributed by atoms with van der Waals surface area (Å²) in [5.74, 6) is -5.44. The first-order valence-electron chi connectivity index (χ1n) is 37.6. The van der Waals surface area contributed by atoms with Gasteiger partial charge in [0.2, 0.25) is 59.1 Å². The van der Waals surface area contributed by atoms with Gasteiger partial charge in [0.05, 0.1) is 42.7 Å². The van der Waals surface area contributed by atoms with Crippen LogP contribution in [0.15, 0.2) is 54.6 Å². The zero-order valence-corrected chi connectivity index (χ0v) is 64.8. The first-order valence-corrected chi connectivity index (χ1v) is 37.6. The first-order chi connectivity index (χ1) is 48.8. The zero-order valence-electron chi connectivity index (χ0n) is 64.8. The Bertz CT molecular complexity index is 3050. The van der Waals surface area contributed by atoms with Gasteiger partial charge >= 0.3 is 6.03 Å². The molecule has 4 rings (SSSR count). The Labute approximate surface area is 613 Å². The molecule has 10 N–H and O–H groups in total. The summed E-state index contributed by atoms with van der Waals surface area (Å²) in [5, 5.41) is 23.0. The number of hydrogen-bond acceptors (Lipinski definition) is 14. The highest BCUT2D eigenvalue weighted by Crippen LogP contribution is 2.31. The van der Waals surface area contributed by atoms with Gasteiger partial charge in [-0.1, -0.05) is 144 Å². The van der Waals surface area contributed by atoms with Gasteiger partial charge < -0.3 is 72.4 Å². The number of nitrogens with two attached hydrogens (primary N) is 1. The quantitative estimate of drug-likeness (QED) is 0.0323. The van der Waals surface area contributed by atoms with Crippen molar-refractivity contribution in [2.75, 3.05) is 66.9 Å². The van der Waals surface area contributed by atoms with Crippen LogP contribution in [0, 0.1) is 41.4 Å². The summed E-state index contributed by atoms with van der Waals surface area (Å²) < 4.78 is 12.3. The van der Waals surface area contributed by atoms with Gasteiger partial charge in [0.15, 0.2) is 0 Å². The van der Waals surface area contributed by atoms with Crippen LogP contribution in [-0.4, -0.2) is 207 Å². The molecule has 103 heavy (non-hydrogen) atoms. The van der Waals surface area contributed by atoms with E-state index in [4.69, 9.17) is 15.2 Å². The fourth-order valence-electron chi connectivity index (χ4n) is 14.2. The molecule has 578 valence electrons. The second-order valence-corrected chi connectivity index (χ2v) is 29.7. The minimum atomic E-state index is -1.13. The highest BCUT2D eigenvalue weighted by molar-refractivity contribution is 5.99. The molecule has 0 radical (unpaired) electrons. The Morgan fingerprint density at radius 3 is 1.87 bits per heavy atom. The number of benzene rings is 2. The molecule has 15 atom stereocenters. The van der Waals surface area contributed by atoms with Gasteiger partial charge in [-0.3, -0.25) is 52.8 Å². The fourth-order valence-corrected chi connectivity index (χ4v) is 14.2. The monoisotopic (exact) mass is 1440 g/mol. The van der Waals surface area contributed by atoms with Crippen molar-refractivity contribution in [1.82, 2.24) is 56.8 Å². The van der Waals surface area contributed by atoms with Crippen molar-refractivity contribution >= 4 is 70.8 Å². The Morgan fingerprint density at radius 2 is 1.29 bits per heavy atom. The van der Waals surface area contributed by atoms with Gasteiger partial charge in [0.1, 0.15) is 24.2 Å². The van der Waals surface area contributed by atoms with E-state index in [1.165, 1.54) is 14.2 Å². The lowest BCUT2D eigenvalue weighted by molar-refractivity contribution is -0.148. The third kappa shape index (κ3) is 27.4. The third-order valence-electron chi connectivity index (χ3n) is 20.7. The van der Waals surface area contributed by atoms with Crippen LogP contribution < -0.4 is 48.3 Å². The van der Waals surface area contributed by atoms with E-state index in [-0.39, 0.29) is 117 Å². The number of nitrogens with one attached hydrogen (secondary N) is 8. The number of ether oxygens (including phenoxy) is 2. The summed E-state index contributed by atoms with van der Waals surface area (Å²) in [5.41, 5.74) is 7.11. The largest absolute Gasteiger partial charge is 0.379 e. The molecule has 2 saturated heterocycles. The number of hydrogen-bond donors (Lipinski definition) is 9. The van der Waals surface area contributed by atoms with Crippen LogP contribution in [0.2, 0.25) is 0 Å². The Hall–Kier alpha value is -7.71. The summed E-state index contributed by atoms with van der Waals surface area (Å²) in [4.78, 5) is 158. The predicted molar refractivity (Wildman–Crippen MR) is 399 cm³/mol. The maximum Gasteiger partial charge on any atom is 0.312 e. The summed E-state index contributed by atoms with van der Waals surface area (Å²) in [6.07, 6.45) is 5.87. The maximum atomic E-state index is 14.7. The van der Waals surface area contributed by atoms with Crippen LogP contribution in [-0.2, 0) is 70.4 Å². The number of carbonyl (C=O) groups is 11. The number of unbranched alkanes of at least 4 members (excludes halogenated alkanes) is 2. The Morgan fingerprint density at radius 1 is 0.631 bits per heavy atom. The van der Waals surface area contributed by atoms with Gasteiger partial charge in [0.25, 0.3) is 0 Å². The van der Waals surface area contributed by atoms with Crippen molar-refractivity contribution in [3.05, 3.63) is 65.7 Å². The Balaban J connectivity index is 1.43. The number of piperidine rings is 1. The van der Waals surface area contributed by atoms with E-state index >= 15 is 0 Å². The lowest BCUT2D eigenvalue weighted by Crippen LogP contribution is -2.60. The van der Waals surface area contributed by atoms with E-state index in [1.807, 2.05) is 97.8 Å². The minimum absolute atomic E-state index is 0.0191. The third-order valence-corrected chi connectivity index (χ3v) is 20.7. The predicted octanol–water partition coefficient (Wildman–Crippen LogP) is 6.43. The first kappa shape index (κ1) is 87.7. The molecule has 12 amide bonds. The number of rotatable bonds is 43. The van der Waals surface area contributed by atoms with Gasteiger partial charge in [-0.05, 0) is 119 Å². The molecule has 2 aliphatic rings. The smallest absolute Gasteiger partial charge is 0.312 e. The van der Waals surface area contributed by atoms with Crippen molar-refractivity contribution in [3.63, 3.8) is 0 Å². The number of likely N-dealkylation sites (tertiary alicyclic amines) is 2. The van der Waals surface area contributed by atoms with Crippen molar-refractivity contribution in [2.24, 2.45) is 47.2 Å². The Kier molecular flexibility index (Phi) is 37.6. The van der Waals surface area contributed by atoms with Crippen LogP contribution in [0.3, 0.4) is 0 Å². The lowest BCUT2D eigenvalue weighted by Gasteiger charge is -2.41. The molecule has 0 spiro atoms. The van der Waals surface area contributed by atoms with Gasteiger partial charge in [-0.25, -0.2) is 4.79 Å². The van der Waals surface area contributed by atoms with Gasteiger partial charge in [0, 0.05) is 90.9 Å². The summed E-state index contributed by atoms with van der Waals surface area (Å²) in [6, 6.07) is 9.68. The van der Waals surface area contributed by atoms with Crippen LogP contribution >= 0.6 is 0 Å². The highest BCUT2D eigenvalue weighted by Gasteiger charge is 2.44. The van der Waals surface area contributed by atoms with Gasteiger partial charge in [-0.2, -0.15) is 0 Å². The summed E-state index contributed by atoms with van der Waals surface area (Å²) in [7, 11) is 8.54. The molecule has 4 unspecified atom stereocenters. The van der Waals surface area contributed by atoms with Crippen LogP contribution in [0.1, 0.15) is 184 Å². The van der Waals surface area contributed by atoms with E-state index < -0.39 is 102 Å². The van der Waals surface area contributed by atoms with Crippen molar-refractivity contribution in [3.8, 4) is 0 Å². The summed E-state index contributed by atoms with van der Waals surface area (Å²) >= 11 is 0. The molecule has 0 aliphatic carbocycles. The van der Waals surface area contributed by atoms with E-state index in [1.54, 1.807) is 66.8 Å². The number of likely N-dealkylation sites (N-methyl/N-ethyl adjacent to an activating group) is 2. The number of methoxy groups -OCH3 is 2. The molecule has 2 fully saturated rings. The van der Waals surface area contributed by atoms with E-state index in [0.717, 1.165) is 37.7 Å². The second-order valence-electron chi connectivity index (χ2n) is 29.7. The normalized spacial score (nSPS) is 18.9. The van der Waals surface area contributed by atoms with E-state index in [9.17, 15) is 52.7 Å². The van der Waals surface area contributed by atoms with Crippen molar-refractivity contribution < 1.29 is 62.2 Å². The van der Waals surface area contributed by atoms with Crippen molar-refractivity contribution in [1.29, 1.82) is 0 Å². The number of amides is 12. The number of nitrogens with zero attached hydrogens (tertiary/aromatic N) is 4. The number of carbonyl (C=O) groups excluding carboxylic acids is 11. The molecule has 2 aromatic rings. The molecule has 2 aromatic carbocycles. The molecule has 2 aliphatic heterocycles. The number of urea groups is 1. The molecular formula is C77H127N13O13.